The summed E-state index contributed by atoms with van der Waals surface area (Å²) in [4.78, 5) is 18.8. The van der Waals surface area contributed by atoms with Crippen LogP contribution in [0.4, 0.5) is 0 Å². The number of thiazole rings is 1. The van der Waals surface area contributed by atoms with E-state index in [1.54, 1.807) is 11.3 Å². The number of aromatic amines is 1. The van der Waals surface area contributed by atoms with Gasteiger partial charge in [0, 0.05) is 16.5 Å². The molecule has 0 fully saturated rings. The van der Waals surface area contributed by atoms with E-state index in [1.807, 2.05) is 84.9 Å². The minimum absolute atomic E-state index is 0.490. The minimum atomic E-state index is 0.490. The molecule has 5 aromatic carbocycles. The normalized spacial score (nSPS) is 12.0. The van der Waals surface area contributed by atoms with Gasteiger partial charge in [-0.2, -0.15) is 4.37 Å². The quantitative estimate of drug-likeness (QED) is 0.209. The van der Waals surface area contributed by atoms with Crippen LogP contribution in [0.5, 0.6) is 0 Å². The zero-order chi connectivity index (χ0) is 29.5. The predicted octanol–water partition coefficient (Wildman–Crippen LogP) is 9.73. The van der Waals surface area contributed by atoms with E-state index in [2.05, 4.69) is 28.3 Å². The molecule has 0 radical (unpaired) electrons. The Hall–Kier alpha value is -5.71. The van der Waals surface area contributed by atoms with Crippen LogP contribution in [-0.4, -0.2) is 29.5 Å². The van der Waals surface area contributed by atoms with Crippen LogP contribution in [0.2, 0.25) is 0 Å². The summed E-state index contributed by atoms with van der Waals surface area (Å²) in [5.41, 5.74) is 8.69. The average molecular weight is 619 g/mol. The summed E-state index contributed by atoms with van der Waals surface area (Å²) in [7, 11) is 0. The summed E-state index contributed by atoms with van der Waals surface area (Å²) in [6.45, 7) is 0. The number of hydrogen-bond donors (Lipinski definition) is 1. The largest absolute Gasteiger partial charge is 0.436 e. The second-order valence-corrected chi connectivity index (χ2v) is 12.5. The van der Waals surface area contributed by atoms with Crippen molar-refractivity contribution >= 4 is 76.3 Å². The molecule has 0 saturated carbocycles. The van der Waals surface area contributed by atoms with Crippen molar-refractivity contribution in [2.24, 2.45) is 0 Å². The second-order valence-electron chi connectivity index (χ2n) is 10.7. The monoisotopic (exact) mass is 618 g/mol. The van der Waals surface area contributed by atoms with E-state index >= 15 is 0 Å². The van der Waals surface area contributed by atoms with Gasteiger partial charge in [0.25, 0.3) is 0 Å². The molecule has 0 aliphatic carbocycles. The summed E-state index contributed by atoms with van der Waals surface area (Å²) >= 11 is 3.10. The maximum Gasteiger partial charge on any atom is 0.228 e. The summed E-state index contributed by atoms with van der Waals surface area (Å²) in [5, 5.41) is 7.16. The third kappa shape index (κ3) is 3.73. The topological polar surface area (TPSA) is 107 Å². The number of benzene rings is 5. The fraction of sp³-hybridized carbons (Fsp3) is 0. The van der Waals surface area contributed by atoms with Gasteiger partial charge in [-0.3, -0.25) is 0 Å². The van der Waals surface area contributed by atoms with Crippen LogP contribution in [0.25, 0.3) is 98.2 Å². The number of fused-ring (bicyclic) bond motifs is 5. The van der Waals surface area contributed by atoms with Crippen LogP contribution < -0.4 is 0 Å². The first-order valence-corrected chi connectivity index (χ1v) is 15.9. The van der Waals surface area contributed by atoms with Crippen LogP contribution >= 0.6 is 22.9 Å². The molecule has 0 unspecified atom stereocenters. The SMILES string of the molecule is c1ccc2oc(-c3cc4nc(-c5noc6ccccc56)[nH]c4c(-c4nsc5ccccc45)c3-c3nc4ccccc4s3)nc2c1. The Labute approximate surface area is 261 Å². The molecule has 0 amide bonds. The summed E-state index contributed by atoms with van der Waals surface area (Å²) in [5.74, 6) is 1.09. The molecule has 10 rings (SSSR count). The van der Waals surface area contributed by atoms with Gasteiger partial charge in [0.1, 0.15) is 10.5 Å². The molecule has 212 valence electrons. The van der Waals surface area contributed by atoms with E-state index in [9.17, 15) is 0 Å². The minimum Gasteiger partial charge on any atom is -0.436 e. The molecule has 0 spiro atoms. The van der Waals surface area contributed by atoms with Crippen molar-refractivity contribution in [3.8, 4) is 44.8 Å². The Bertz CT molecular complexity index is 2680. The number of para-hydroxylation sites is 4. The Morgan fingerprint density at radius 1 is 0.622 bits per heavy atom. The zero-order valence-electron chi connectivity index (χ0n) is 23.2. The number of imidazole rings is 1. The van der Waals surface area contributed by atoms with Gasteiger partial charge >= 0.3 is 0 Å². The van der Waals surface area contributed by atoms with E-state index in [0.717, 1.165) is 69.6 Å². The van der Waals surface area contributed by atoms with Crippen molar-refractivity contribution in [1.29, 1.82) is 0 Å². The molecule has 10 aromatic rings. The fourth-order valence-corrected chi connectivity index (χ4v) is 7.79. The lowest BCUT2D eigenvalue weighted by Gasteiger charge is -2.12. The molecular formula is C35H18N6O2S2. The van der Waals surface area contributed by atoms with Gasteiger partial charge in [-0.15, -0.1) is 11.3 Å². The molecule has 8 nitrogen and oxygen atoms in total. The van der Waals surface area contributed by atoms with Crippen LogP contribution in [0.15, 0.2) is 112 Å². The van der Waals surface area contributed by atoms with Crippen LogP contribution in [0, 0.1) is 0 Å². The Morgan fingerprint density at radius 2 is 1.38 bits per heavy atom. The Kier molecular flexibility index (Phi) is 5.16. The molecule has 0 atom stereocenters. The highest BCUT2D eigenvalue weighted by Crippen LogP contribution is 2.48. The van der Waals surface area contributed by atoms with Gasteiger partial charge in [0.2, 0.25) is 5.89 Å². The van der Waals surface area contributed by atoms with Gasteiger partial charge in [-0.25, -0.2) is 15.0 Å². The fourth-order valence-electron chi connectivity index (χ4n) is 5.98. The van der Waals surface area contributed by atoms with Crippen molar-refractivity contribution in [2.75, 3.05) is 0 Å². The zero-order valence-corrected chi connectivity index (χ0v) is 24.8. The average Bonchev–Trinajstić information content (AvgIpc) is 3.91. The molecule has 5 aromatic heterocycles. The number of rotatable bonds is 4. The molecule has 0 aliphatic heterocycles. The molecule has 0 saturated heterocycles. The highest BCUT2D eigenvalue weighted by molar-refractivity contribution is 7.21. The first-order valence-electron chi connectivity index (χ1n) is 14.3. The van der Waals surface area contributed by atoms with Crippen molar-refractivity contribution in [1.82, 2.24) is 29.5 Å². The summed E-state index contributed by atoms with van der Waals surface area (Å²) in [6.07, 6.45) is 0. The lowest BCUT2D eigenvalue weighted by atomic mass is 9.95. The highest BCUT2D eigenvalue weighted by Gasteiger charge is 2.28. The van der Waals surface area contributed by atoms with E-state index < -0.39 is 0 Å². The van der Waals surface area contributed by atoms with Crippen molar-refractivity contribution in [2.45, 2.75) is 0 Å². The first-order chi connectivity index (χ1) is 22.3. The molecular weight excluding hydrogens is 601 g/mol. The molecule has 0 aliphatic rings. The van der Waals surface area contributed by atoms with Crippen LogP contribution in [0.1, 0.15) is 0 Å². The summed E-state index contributed by atoms with van der Waals surface area (Å²) in [6, 6.07) is 34.1. The number of aromatic nitrogens is 6. The lowest BCUT2D eigenvalue weighted by molar-refractivity contribution is 0.459. The van der Waals surface area contributed by atoms with Gasteiger partial charge in [-0.05, 0) is 60.1 Å². The Morgan fingerprint density at radius 3 is 2.24 bits per heavy atom. The van der Waals surface area contributed by atoms with Crippen molar-refractivity contribution in [3.63, 3.8) is 0 Å². The van der Waals surface area contributed by atoms with Crippen LogP contribution in [0.3, 0.4) is 0 Å². The van der Waals surface area contributed by atoms with E-state index in [1.165, 1.54) is 11.5 Å². The van der Waals surface area contributed by atoms with E-state index in [0.29, 0.717) is 28.6 Å². The maximum atomic E-state index is 6.42. The highest BCUT2D eigenvalue weighted by atomic mass is 32.1. The van der Waals surface area contributed by atoms with Crippen molar-refractivity contribution < 1.29 is 8.94 Å². The molecule has 1 N–H and O–H groups in total. The van der Waals surface area contributed by atoms with Gasteiger partial charge in [-0.1, -0.05) is 59.8 Å². The number of nitrogens with zero attached hydrogens (tertiary/aromatic N) is 5. The van der Waals surface area contributed by atoms with Gasteiger partial charge in [0.15, 0.2) is 22.7 Å². The summed E-state index contributed by atoms with van der Waals surface area (Å²) < 4.78 is 19.3. The first kappa shape index (κ1) is 24.7. The van der Waals surface area contributed by atoms with Crippen molar-refractivity contribution in [3.05, 3.63) is 103 Å². The number of nitrogens with one attached hydrogen (secondary N) is 1. The number of H-pyrrole nitrogens is 1. The lowest BCUT2D eigenvalue weighted by Crippen LogP contribution is -1.93. The maximum absolute atomic E-state index is 6.42. The van der Waals surface area contributed by atoms with Gasteiger partial charge < -0.3 is 13.9 Å². The number of hydrogen-bond acceptors (Lipinski definition) is 9. The predicted molar refractivity (Wildman–Crippen MR) is 179 cm³/mol. The number of oxazole rings is 1. The molecule has 5 heterocycles. The molecule has 10 heteroatoms. The third-order valence-corrected chi connectivity index (χ3v) is 9.91. The third-order valence-electron chi connectivity index (χ3n) is 8.03. The second kappa shape index (κ2) is 9.39. The smallest absolute Gasteiger partial charge is 0.228 e. The molecule has 0 bridgehead atoms. The van der Waals surface area contributed by atoms with E-state index in [4.69, 9.17) is 28.3 Å². The van der Waals surface area contributed by atoms with Crippen LogP contribution in [-0.2, 0) is 0 Å². The standard InChI is InChI=1S/C35H18N6O2S2/c1-5-13-24-18(9-1)31(40-43-24)33-36-23-17-20(34-37-21-11-3-6-14-25(21)42-34)28(35-38-22-12-4-8-16-27(22)44-35)29(32(23)39-33)30-19-10-2-7-15-26(19)45-41-30/h1-17H,(H,36,39). The Balaban J connectivity index is 1.36. The molecule has 45 heavy (non-hydrogen) atoms. The van der Waals surface area contributed by atoms with E-state index in [-0.39, 0.29) is 0 Å². The van der Waals surface area contributed by atoms with Gasteiger partial charge in [0.05, 0.1) is 42.6 Å².